The maximum Gasteiger partial charge on any atom is 0.331 e. The summed E-state index contributed by atoms with van der Waals surface area (Å²) in [5.41, 5.74) is 1.78. The first-order valence-electron chi connectivity index (χ1n) is 8.89. The standard InChI is InChI=1S/C21H20ClNO3S/c1-21(13-22)19(23-16(24)12-17(23)27-21)20(25)26-18(14-8-4-2-5-9-14)15-10-6-3-7-11-15/h2-11,17-19H,12-13H2,1H3/t17?,19-,21+/m0/s1. The summed E-state index contributed by atoms with van der Waals surface area (Å²) < 4.78 is 5.45. The average molecular weight is 402 g/mol. The van der Waals surface area contributed by atoms with Gasteiger partial charge >= 0.3 is 5.97 Å². The third-order valence-electron chi connectivity index (χ3n) is 5.14. The lowest BCUT2D eigenvalue weighted by atomic mass is 9.97. The van der Waals surface area contributed by atoms with Crippen molar-refractivity contribution in [3.63, 3.8) is 0 Å². The molecule has 2 aliphatic rings. The largest absolute Gasteiger partial charge is 0.451 e. The van der Waals surface area contributed by atoms with Crippen molar-refractivity contribution in [2.45, 2.75) is 35.6 Å². The van der Waals surface area contributed by atoms with Crippen LogP contribution in [-0.2, 0) is 14.3 Å². The van der Waals surface area contributed by atoms with Crippen molar-refractivity contribution in [1.29, 1.82) is 0 Å². The second-order valence-corrected chi connectivity index (χ2v) is 9.04. The van der Waals surface area contributed by atoms with Gasteiger partial charge in [0.1, 0.15) is 6.04 Å². The zero-order chi connectivity index (χ0) is 19.0. The number of esters is 1. The van der Waals surface area contributed by atoms with E-state index < -0.39 is 22.9 Å². The van der Waals surface area contributed by atoms with E-state index in [-0.39, 0.29) is 17.2 Å². The monoisotopic (exact) mass is 401 g/mol. The van der Waals surface area contributed by atoms with Crippen molar-refractivity contribution in [2.75, 3.05) is 5.88 Å². The number of ether oxygens (including phenoxy) is 1. The Balaban J connectivity index is 1.65. The summed E-state index contributed by atoms with van der Waals surface area (Å²) in [6.45, 7) is 1.93. The number of fused-ring (bicyclic) bond motifs is 1. The number of nitrogens with zero attached hydrogens (tertiary/aromatic N) is 1. The molecule has 2 aromatic carbocycles. The number of benzene rings is 2. The van der Waals surface area contributed by atoms with Gasteiger partial charge in [-0.25, -0.2) is 4.79 Å². The van der Waals surface area contributed by atoms with Crippen molar-refractivity contribution in [3.8, 4) is 0 Å². The molecule has 1 unspecified atom stereocenters. The molecule has 4 rings (SSSR count). The molecule has 0 radical (unpaired) electrons. The van der Waals surface area contributed by atoms with Crippen LogP contribution in [0.1, 0.15) is 30.6 Å². The second kappa shape index (κ2) is 7.21. The molecule has 3 atom stereocenters. The minimum atomic E-state index is -0.666. The van der Waals surface area contributed by atoms with Crippen LogP contribution >= 0.6 is 23.4 Å². The summed E-state index contributed by atoms with van der Waals surface area (Å²) in [6, 6.07) is 18.6. The Labute approximate surface area is 167 Å². The number of hydrogen-bond acceptors (Lipinski definition) is 4. The molecule has 4 nitrogen and oxygen atoms in total. The summed E-state index contributed by atoms with van der Waals surface area (Å²) in [7, 11) is 0. The number of carbonyl (C=O) groups excluding carboxylic acids is 2. The predicted octanol–water partition coefficient (Wildman–Crippen LogP) is 3.99. The maximum absolute atomic E-state index is 13.2. The molecule has 0 aromatic heterocycles. The summed E-state index contributed by atoms with van der Waals surface area (Å²) in [5.74, 6) is -0.142. The Bertz CT molecular complexity index is 808. The first-order valence-corrected chi connectivity index (χ1v) is 10.3. The van der Waals surface area contributed by atoms with Crippen molar-refractivity contribution < 1.29 is 14.3 Å². The number of β-lactam (4-membered cyclic amide) rings is 1. The molecule has 2 heterocycles. The van der Waals surface area contributed by atoms with Gasteiger partial charge in [0.05, 0.1) is 16.5 Å². The molecule has 0 bridgehead atoms. The van der Waals surface area contributed by atoms with Crippen LogP contribution in [0.2, 0.25) is 0 Å². The Hall–Kier alpha value is -1.98. The lowest BCUT2D eigenvalue weighted by molar-refractivity contribution is -0.164. The van der Waals surface area contributed by atoms with E-state index in [1.54, 1.807) is 16.7 Å². The fourth-order valence-electron chi connectivity index (χ4n) is 3.71. The van der Waals surface area contributed by atoms with E-state index in [0.717, 1.165) is 11.1 Å². The van der Waals surface area contributed by atoms with Crippen molar-refractivity contribution in [2.24, 2.45) is 0 Å². The van der Waals surface area contributed by atoms with Crippen LogP contribution in [0.4, 0.5) is 0 Å². The number of rotatable bonds is 5. The van der Waals surface area contributed by atoms with Crippen LogP contribution in [0.3, 0.4) is 0 Å². The summed E-state index contributed by atoms with van der Waals surface area (Å²) in [6.07, 6.45) is -0.0678. The quantitative estimate of drug-likeness (QED) is 0.431. The molecular weight excluding hydrogens is 382 g/mol. The summed E-state index contributed by atoms with van der Waals surface area (Å²) >= 11 is 7.79. The predicted molar refractivity (Wildman–Crippen MR) is 107 cm³/mol. The Morgan fingerprint density at radius 3 is 2.22 bits per heavy atom. The molecule has 27 heavy (non-hydrogen) atoms. The Morgan fingerprint density at radius 1 is 1.19 bits per heavy atom. The molecule has 2 saturated heterocycles. The van der Waals surface area contributed by atoms with E-state index >= 15 is 0 Å². The first kappa shape index (κ1) is 18.4. The zero-order valence-electron chi connectivity index (χ0n) is 14.9. The molecular formula is C21H20ClNO3S. The molecule has 2 fully saturated rings. The number of halogens is 1. The molecule has 0 aliphatic carbocycles. The highest BCUT2D eigenvalue weighted by atomic mass is 35.5. The van der Waals surface area contributed by atoms with Gasteiger partial charge in [0.15, 0.2) is 6.10 Å². The first-order chi connectivity index (χ1) is 13.0. The molecule has 0 saturated carbocycles. The van der Waals surface area contributed by atoms with Crippen molar-refractivity contribution >= 4 is 35.2 Å². The van der Waals surface area contributed by atoms with Crippen LogP contribution in [0.5, 0.6) is 0 Å². The molecule has 0 spiro atoms. The Morgan fingerprint density at radius 2 is 1.74 bits per heavy atom. The maximum atomic E-state index is 13.2. The number of amides is 1. The van der Waals surface area contributed by atoms with E-state index in [2.05, 4.69) is 0 Å². The highest BCUT2D eigenvalue weighted by Gasteiger charge is 2.61. The van der Waals surface area contributed by atoms with Gasteiger partial charge in [-0.1, -0.05) is 60.7 Å². The third kappa shape index (κ3) is 3.23. The number of carbonyl (C=O) groups is 2. The SMILES string of the molecule is C[C@]1(CCl)SC2CC(=O)N2[C@H]1C(=O)OC(c1ccccc1)c1ccccc1. The molecule has 0 N–H and O–H groups in total. The smallest absolute Gasteiger partial charge is 0.331 e. The molecule has 2 aromatic rings. The fraction of sp³-hybridized carbons (Fsp3) is 0.333. The molecule has 140 valence electrons. The van der Waals surface area contributed by atoms with Gasteiger partial charge in [0.25, 0.3) is 0 Å². The van der Waals surface area contributed by atoms with Crippen LogP contribution in [0.15, 0.2) is 60.7 Å². The van der Waals surface area contributed by atoms with Crippen LogP contribution in [-0.4, -0.2) is 38.8 Å². The molecule has 6 heteroatoms. The van der Waals surface area contributed by atoms with E-state index in [9.17, 15) is 9.59 Å². The zero-order valence-corrected chi connectivity index (χ0v) is 16.5. The van der Waals surface area contributed by atoms with Gasteiger partial charge in [0.2, 0.25) is 5.91 Å². The second-order valence-electron chi connectivity index (χ2n) is 7.06. The normalized spacial score (nSPS) is 26.6. The summed E-state index contributed by atoms with van der Waals surface area (Å²) in [5, 5.41) is 0.0192. The third-order valence-corrected chi connectivity index (χ3v) is 7.42. The van der Waals surface area contributed by atoms with Gasteiger partial charge in [-0.3, -0.25) is 4.79 Å². The van der Waals surface area contributed by atoms with E-state index in [0.29, 0.717) is 6.42 Å². The van der Waals surface area contributed by atoms with E-state index in [4.69, 9.17) is 16.3 Å². The van der Waals surface area contributed by atoms with Gasteiger partial charge in [-0.15, -0.1) is 23.4 Å². The van der Waals surface area contributed by atoms with E-state index in [1.165, 1.54) is 0 Å². The fourth-order valence-corrected chi connectivity index (χ4v) is 5.65. The minimum Gasteiger partial charge on any atom is -0.451 e. The number of alkyl halides is 1. The van der Waals surface area contributed by atoms with Gasteiger partial charge in [0, 0.05) is 5.88 Å². The van der Waals surface area contributed by atoms with E-state index in [1.807, 2.05) is 67.6 Å². The van der Waals surface area contributed by atoms with Gasteiger partial charge in [-0.05, 0) is 18.1 Å². The van der Waals surface area contributed by atoms with Crippen LogP contribution in [0.25, 0.3) is 0 Å². The van der Waals surface area contributed by atoms with Crippen molar-refractivity contribution in [3.05, 3.63) is 71.8 Å². The lowest BCUT2D eigenvalue weighted by Crippen LogP contribution is -2.58. The topological polar surface area (TPSA) is 46.6 Å². The minimum absolute atomic E-state index is 0.0146. The summed E-state index contributed by atoms with van der Waals surface area (Å²) in [4.78, 5) is 27.0. The highest BCUT2D eigenvalue weighted by Crippen LogP contribution is 2.52. The average Bonchev–Trinajstić information content (AvgIpc) is 2.95. The van der Waals surface area contributed by atoms with Gasteiger partial charge < -0.3 is 9.64 Å². The lowest BCUT2D eigenvalue weighted by Gasteiger charge is -2.38. The van der Waals surface area contributed by atoms with Crippen molar-refractivity contribution in [1.82, 2.24) is 4.90 Å². The van der Waals surface area contributed by atoms with Crippen LogP contribution < -0.4 is 0 Å². The number of thioether (sulfide) groups is 1. The molecule has 1 amide bonds. The van der Waals surface area contributed by atoms with Gasteiger partial charge in [-0.2, -0.15) is 0 Å². The molecule has 2 aliphatic heterocycles. The highest BCUT2D eigenvalue weighted by molar-refractivity contribution is 8.01. The Kier molecular flexibility index (Phi) is 4.91. The number of hydrogen-bond donors (Lipinski definition) is 0. The van der Waals surface area contributed by atoms with Crippen LogP contribution in [0, 0.1) is 0 Å².